The molecule has 170 valence electrons. The van der Waals surface area contributed by atoms with Crippen LogP contribution in [0.25, 0.3) is 5.76 Å². The van der Waals surface area contributed by atoms with Crippen LogP contribution in [0.15, 0.2) is 72.3 Å². The molecular formula is C28H24N2O4. The van der Waals surface area contributed by atoms with Crippen molar-refractivity contribution in [3.8, 4) is 11.8 Å². The third-order valence-electron chi connectivity index (χ3n) is 5.83. The molecule has 6 nitrogen and oxygen atoms in total. The first-order valence-electron chi connectivity index (χ1n) is 11.0. The summed E-state index contributed by atoms with van der Waals surface area (Å²) in [5, 5.41) is 20.4. The average Bonchev–Trinajstić information content (AvgIpc) is 3.10. The number of carbonyl (C=O) groups excluding carboxylic acids is 2. The number of amides is 1. The van der Waals surface area contributed by atoms with Crippen LogP contribution in [0.5, 0.6) is 5.75 Å². The smallest absolute Gasteiger partial charge is 0.300 e. The minimum absolute atomic E-state index is 0.0171. The zero-order valence-electron chi connectivity index (χ0n) is 19.2. The zero-order chi connectivity index (χ0) is 24.4. The summed E-state index contributed by atoms with van der Waals surface area (Å²) in [5.41, 5.74) is 3.82. The van der Waals surface area contributed by atoms with Gasteiger partial charge in [0.2, 0.25) is 0 Å². The van der Waals surface area contributed by atoms with E-state index in [1.807, 2.05) is 45.0 Å². The van der Waals surface area contributed by atoms with Gasteiger partial charge < -0.3 is 9.84 Å². The Hall–Kier alpha value is -4.37. The van der Waals surface area contributed by atoms with Gasteiger partial charge in [0.15, 0.2) is 0 Å². The molecule has 1 saturated heterocycles. The number of nitriles is 1. The summed E-state index contributed by atoms with van der Waals surface area (Å²) in [6.07, 6.45) is 0. The van der Waals surface area contributed by atoms with Crippen LogP contribution < -0.4 is 9.64 Å². The number of Topliss-reactive ketones (excluding diaryl/α,β-unsaturated/α-hetero) is 1. The Labute approximate surface area is 198 Å². The van der Waals surface area contributed by atoms with Crippen LogP contribution in [-0.4, -0.2) is 23.4 Å². The predicted molar refractivity (Wildman–Crippen MR) is 129 cm³/mol. The van der Waals surface area contributed by atoms with Gasteiger partial charge >= 0.3 is 0 Å². The zero-order valence-corrected chi connectivity index (χ0v) is 19.2. The van der Waals surface area contributed by atoms with Gasteiger partial charge in [-0.2, -0.15) is 5.26 Å². The fourth-order valence-electron chi connectivity index (χ4n) is 4.22. The molecule has 1 fully saturated rings. The Morgan fingerprint density at radius 2 is 1.79 bits per heavy atom. The Kier molecular flexibility index (Phi) is 6.20. The summed E-state index contributed by atoms with van der Waals surface area (Å²) in [7, 11) is 0. The van der Waals surface area contributed by atoms with E-state index in [2.05, 4.69) is 6.07 Å². The second kappa shape index (κ2) is 9.24. The van der Waals surface area contributed by atoms with E-state index in [0.717, 1.165) is 11.1 Å². The molecule has 1 atom stereocenters. The summed E-state index contributed by atoms with van der Waals surface area (Å²) in [5.74, 6) is -1.06. The normalized spacial score (nSPS) is 17.0. The van der Waals surface area contributed by atoms with Crippen LogP contribution in [-0.2, 0) is 9.59 Å². The van der Waals surface area contributed by atoms with E-state index in [1.54, 1.807) is 42.5 Å². The monoisotopic (exact) mass is 452 g/mol. The molecule has 1 aliphatic rings. The molecule has 1 aliphatic heterocycles. The lowest BCUT2D eigenvalue weighted by molar-refractivity contribution is -0.132. The lowest BCUT2D eigenvalue weighted by atomic mass is 9.93. The van der Waals surface area contributed by atoms with Crippen molar-refractivity contribution in [3.05, 3.63) is 100 Å². The first-order chi connectivity index (χ1) is 16.3. The van der Waals surface area contributed by atoms with E-state index in [9.17, 15) is 14.7 Å². The molecular weight excluding hydrogens is 428 g/mol. The highest BCUT2D eigenvalue weighted by atomic mass is 16.5. The summed E-state index contributed by atoms with van der Waals surface area (Å²) in [6.45, 7) is 6.18. The first kappa shape index (κ1) is 22.8. The Morgan fingerprint density at radius 3 is 2.41 bits per heavy atom. The quantitative estimate of drug-likeness (QED) is 0.326. The topological polar surface area (TPSA) is 90.6 Å². The number of benzene rings is 3. The van der Waals surface area contributed by atoms with Gasteiger partial charge in [0.05, 0.1) is 29.9 Å². The van der Waals surface area contributed by atoms with Gasteiger partial charge in [-0.25, -0.2) is 0 Å². The number of ketones is 1. The minimum atomic E-state index is -0.820. The summed E-state index contributed by atoms with van der Waals surface area (Å²) < 4.78 is 5.58. The molecule has 0 aliphatic carbocycles. The van der Waals surface area contributed by atoms with E-state index < -0.39 is 17.7 Å². The molecule has 34 heavy (non-hydrogen) atoms. The van der Waals surface area contributed by atoms with Gasteiger partial charge in [0.1, 0.15) is 11.5 Å². The van der Waals surface area contributed by atoms with Gasteiger partial charge in [-0.1, -0.05) is 29.8 Å². The van der Waals surface area contributed by atoms with Crippen molar-refractivity contribution < 1.29 is 19.4 Å². The molecule has 0 saturated carbocycles. The molecule has 0 aromatic heterocycles. The second-order valence-corrected chi connectivity index (χ2v) is 8.16. The Bertz CT molecular complexity index is 1350. The van der Waals surface area contributed by atoms with Crippen LogP contribution in [0.1, 0.15) is 40.8 Å². The van der Waals surface area contributed by atoms with Crippen molar-refractivity contribution >= 4 is 23.1 Å². The highest BCUT2D eigenvalue weighted by Gasteiger charge is 2.47. The largest absolute Gasteiger partial charge is 0.507 e. The number of rotatable bonds is 5. The highest BCUT2D eigenvalue weighted by Crippen LogP contribution is 2.42. The summed E-state index contributed by atoms with van der Waals surface area (Å²) in [4.78, 5) is 27.9. The number of hydrogen-bond donors (Lipinski definition) is 1. The summed E-state index contributed by atoms with van der Waals surface area (Å²) in [6, 6.07) is 20.3. The van der Waals surface area contributed by atoms with E-state index in [0.29, 0.717) is 34.7 Å². The van der Waals surface area contributed by atoms with Gasteiger partial charge in [0, 0.05) is 11.3 Å². The third kappa shape index (κ3) is 4.04. The number of aliphatic hydroxyl groups excluding tert-OH is 1. The third-order valence-corrected chi connectivity index (χ3v) is 5.83. The number of ether oxygens (including phenoxy) is 1. The van der Waals surface area contributed by atoms with E-state index in [1.165, 1.54) is 4.90 Å². The van der Waals surface area contributed by atoms with Crippen molar-refractivity contribution in [1.29, 1.82) is 5.26 Å². The molecule has 3 aromatic carbocycles. The van der Waals surface area contributed by atoms with Crippen molar-refractivity contribution in [3.63, 3.8) is 0 Å². The molecule has 0 radical (unpaired) electrons. The molecule has 3 aromatic rings. The second-order valence-electron chi connectivity index (χ2n) is 8.16. The van der Waals surface area contributed by atoms with Gasteiger partial charge in [-0.15, -0.1) is 0 Å². The fraction of sp³-hybridized carbons (Fsp3) is 0.179. The van der Waals surface area contributed by atoms with Crippen LogP contribution in [0.4, 0.5) is 5.69 Å². The van der Waals surface area contributed by atoms with E-state index in [4.69, 9.17) is 10.00 Å². The maximum Gasteiger partial charge on any atom is 0.300 e. The number of aryl methyl sites for hydroxylation is 2. The van der Waals surface area contributed by atoms with Gasteiger partial charge in [-0.05, 0) is 74.4 Å². The van der Waals surface area contributed by atoms with Crippen molar-refractivity contribution in [1.82, 2.24) is 0 Å². The number of aliphatic hydroxyl groups is 1. The molecule has 1 heterocycles. The minimum Gasteiger partial charge on any atom is -0.507 e. The molecule has 1 amide bonds. The maximum absolute atomic E-state index is 13.3. The predicted octanol–water partition coefficient (Wildman–Crippen LogP) is 5.20. The number of hydrogen-bond acceptors (Lipinski definition) is 5. The summed E-state index contributed by atoms with van der Waals surface area (Å²) >= 11 is 0. The molecule has 4 rings (SSSR count). The lowest BCUT2D eigenvalue weighted by Crippen LogP contribution is -2.29. The van der Waals surface area contributed by atoms with Crippen LogP contribution in [0.3, 0.4) is 0 Å². The van der Waals surface area contributed by atoms with E-state index >= 15 is 0 Å². The number of nitrogens with zero attached hydrogens (tertiary/aromatic N) is 2. The molecule has 6 heteroatoms. The number of carbonyl (C=O) groups is 2. The van der Waals surface area contributed by atoms with Crippen LogP contribution >= 0.6 is 0 Å². The average molecular weight is 453 g/mol. The maximum atomic E-state index is 13.3. The Balaban J connectivity index is 1.91. The van der Waals surface area contributed by atoms with Gasteiger partial charge in [-0.3, -0.25) is 14.5 Å². The highest BCUT2D eigenvalue weighted by molar-refractivity contribution is 6.51. The van der Waals surface area contributed by atoms with Crippen LogP contribution in [0.2, 0.25) is 0 Å². The van der Waals surface area contributed by atoms with Crippen LogP contribution in [0, 0.1) is 25.2 Å². The van der Waals surface area contributed by atoms with Crippen molar-refractivity contribution in [2.75, 3.05) is 11.5 Å². The molecule has 1 N–H and O–H groups in total. The molecule has 0 spiro atoms. The number of anilines is 1. The molecule has 0 bridgehead atoms. The Morgan fingerprint density at radius 1 is 1.06 bits per heavy atom. The van der Waals surface area contributed by atoms with Crippen molar-refractivity contribution in [2.45, 2.75) is 26.8 Å². The standard InChI is InChI=1S/C28H24N2O4/c1-4-34-23-13-10-21(15-18(23)3)26(31)24-25(20-7-5-6-17(2)14-20)30(28(33)27(24)32)22-11-8-19(16-29)9-12-22/h5-15,25,31H,4H2,1-3H3/b26-24-. The molecule has 1 unspecified atom stereocenters. The fourth-order valence-corrected chi connectivity index (χ4v) is 4.22. The van der Waals surface area contributed by atoms with Gasteiger partial charge in [0.25, 0.3) is 11.7 Å². The first-order valence-corrected chi connectivity index (χ1v) is 11.0. The lowest BCUT2D eigenvalue weighted by Gasteiger charge is -2.25. The van der Waals surface area contributed by atoms with E-state index in [-0.39, 0.29) is 11.3 Å². The SMILES string of the molecule is CCOc1ccc(/C(O)=C2/C(=O)C(=O)N(c3ccc(C#N)cc3)C2c2cccc(C)c2)cc1C. The van der Waals surface area contributed by atoms with Crippen molar-refractivity contribution in [2.24, 2.45) is 0 Å².